The summed E-state index contributed by atoms with van der Waals surface area (Å²) in [6, 6.07) is 1.43. The van der Waals surface area contributed by atoms with Gasteiger partial charge in [0.15, 0.2) is 0 Å². The molecular formula is C10H11Cl2N3O2. The van der Waals surface area contributed by atoms with Crippen molar-refractivity contribution in [3.63, 3.8) is 0 Å². The number of carbonyl (C=O) groups is 1. The molecule has 1 fully saturated rings. The Morgan fingerprint density at radius 3 is 2.88 bits per heavy atom. The minimum atomic E-state index is -0.802. The molecule has 1 aromatic rings. The van der Waals surface area contributed by atoms with Crippen LogP contribution in [0.3, 0.4) is 0 Å². The lowest BCUT2D eigenvalue weighted by Gasteiger charge is -2.21. The molecule has 0 saturated carbocycles. The molecule has 0 radical (unpaired) electrons. The quantitative estimate of drug-likeness (QED) is 0.665. The van der Waals surface area contributed by atoms with E-state index in [0.29, 0.717) is 13.0 Å². The summed E-state index contributed by atoms with van der Waals surface area (Å²) in [5, 5.41) is 2.79. The van der Waals surface area contributed by atoms with E-state index in [0.717, 1.165) is 6.42 Å². The Labute approximate surface area is 108 Å². The van der Waals surface area contributed by atoms with Crippen LogP contribution in [0.25, 0.3) is 0 Å². The molecule has 1 aliphatic rings. The van der Waals surface area contributed by atoms with E-state index in [2.05, 4.69) is 15.3 Å². The summed E-state index contributed by atoms with van der Waals surface area (Å²) in [6.07, 6.45) is 1.56. The van der Waals surface area contributed by atoms with Crippen molar-refractivity contribution in [2.45, 2.75) is 25.4 Å². The average molecular weight is 276 g/mol. The third-order valence-electron chi connectivity index (χ3n) is 2.61. The number of hydrogen-bond acceptors (Lipinski definition) is 4. The van der Waals surface area contributed by atoms with Crippen LogP contribution in [-0.4, -0.2) is 28.1 Å². The second-order valence-corrected chi connectivity index (χ2v) is 4.71. The summed E-state index contributed by atoms with van der Waals surface area (Å²) >= 11 is 11.3. The van der Waals surface area contributed by atoms with Crippen molar-refractivity contribution in [1.29, 1.82) is 0 Å². The van der Waals surface area contributed by atoms with Crippen LogP contribution in [0.15, 0.2) is 6.07 Å². The second kappa shape index (κ2) is 4.76. The fourth-order valence-electron chi connectivity index (χ4n) is 1.66. The van der Waals surface area contributed by atoms with E-state index < -0.39 is 5.60 Å². The predicted molar refractivity (Wildman–Crippen MR) is 64.3 cm³/mol. The highest BCUT2D eigenvalue weighted by Gasteiger charge is 2.37. The van der Waals surface area contributed by atoms with Gasteiger partial charge < -0.3 is 10.1 Å². The van der Waals surface area contributed by atoms with Crippen molar-refractivity contribution in [1.82, 2.24) is 9.97 Å². The third-order valence-corrected chi connectivity index (χ3v) is 2.97. The first-order chi connectivity index (χ1) is 7.99. The molecule has 1 N–H and O–H groups in total. The fourth-order valence-corrected chi connectivity index (χ4v) is 2.07. The summed E-state index contributed by atoms with van der Waals surface area (Å²) < 4.78 is 5.41. The van der Waals surface area contributed by atoms with Gasteiger partial charge in [-0.25, -0.2) is 9.97 Å². The summed E-state index contributed by atoms with van der Waals surface area (Å²) in [7, 11) is 0. The highest BCUT2D eigenvalue weighted by atomic mass is 35.5. The summed E-state index contributed by atoms with van der Waals surface area (Å²) in [6.45, 7) is 2.34. The van der Waals surface area contributed by atoms with E-state index >= 15 is 0 Å². The van der Waals surface area contributed by atoms with Gasteiger partial charge in [0.25, 0.3) is 5.91 Å². The van der Waals surface area contributed by atoms with Crippen LogP contribution in [0.1, 0.15) is 19.8 Å². The molecule has 0 spiro atoms. The number of halogens is 2. The van der Waals surface area contributed by atoms with E-state index in [1.54, 1.807) is 6.92 Å². The number of hydrogen-bond donors (Lipinski definition) is 1. The molecule has 1 saturated heterocycles. The van der Waals surface area contributed by atoms with Crippen LogP contribution in [0.4, 0.5) is 5.82 Å². The Hall–Kier alpha value is -0.910. The first-order valence-corrected chi connectivity index (χ1v) is 5.91. The highest BCUT2D eigenvalue weighted by Crippen LogP contribution is 2.26. The number of ether oxygens (including phenoxy) is 1. The minimum absolute atomic E-state index is 0.00899. The van der Waals surface area contributed by atoms with Crippen molar-refractivity contribution in [2.75, 3.05) is 11.9 Å². The largest absolute Gasteiger partial charge is 0.365 e. The van der Waals surface area contributed by atoms with Crippen molar-refractivity contribution >= 4 is 34.9 Å². The number of aromatic nitrogens is 2. The minimum Gasteiger partial charge on any atom is -0.365 e. The number of amides is 1. The molecule has 17 heavy (non-hydrogen) atoms. The molecule has 0 aromatic carbocycles. The molecule has 1 amide bonds. The zero-order valence-electron chi connectivity index (χ0n) is 9.17. The lowest BCUT2D eigenvalue weighted by Crippen LogP contribution is -2.39. The molecule has 2 heterocycles. The number of carbonyl (C=O) groups excluding carboxylic acids is 1. The first kappa shape index (κ1) is 12.5. The topological polar surface area (TPSA) is 64.1 Å². The van der Waals surface area contributed by atoms with Gasteiger partial charge in [-0.1, -0.05) is 11.6 Å². The van der Waals surface area contributed by atoms with Gasteiger partial charge in [-0.2, -0.15) is 0 Å². The molecule has 1 unspecified atom stereocenters. The van der Waals surface area contributed by atoms with Crippen LogP contribution in [-0.2, 0) is 9.53 Å². The maximum Gasteiger partial charge on any atom is 0.257 e. The molecule has 1 atom stereocenters. The lowest BCUT2D eigenvalue weighted by atomic mass is 10.0. The van der Waals surface area contributed by atoms with Gasteiger partial charge in [-0.05, 0) is 31.4 Å². The van der Waals surface area contributed by atoms with Crippen molar-refractivity contribution < 1.29 is 9.53 Å². The number of nitrogens with one attached hydrogen (secondary N) is 1. The van der Waals surface area contributed by atoms with E-state index in [1.807, 2.05) is 0 Å². The maximum absolute atomic E-state index is 12.0. The van der Waals surface area contributed by atoms with Gasteiger partial charge >= 0.3 is 0 Å². The van der Waals surface area contributed by atoms with Crippen LogP contribution < -0.4 is 5.32 Å². The Bertz CT molecular complexity index is 427. The van der Waals surface area contributed by atoms with E-state index in [1.165, 1.54) is 6.07 Å². The molecule has 7 heteroatoms. The highest BCUT2D eigenvalue weighted by molar-refractivity contribution is 6.32. The number of rotatable bonds is 2. The SMILES string of the molecule is CC1(C(=O)Nc2cc(Cl)nc(Cl)n2)CCCO1. The molecule has 1 aromatic heterocycles. The number of nitrogens with zero attached hydrogens (tertiary/aromatic N) is 2. The van der Waals surface area contributed by atoms with Gasteiger partial charge in [0.05, 0.1) is 0 Å². The standard InChI is InChI=1S/C10H11Cl2N3O2/c1-10(3-2-4-17-10)8(16)14-7-5-6(11)13-9(12)15-7/h5H,2-4H2,1H3,(H,13,14,15,16). The summed E-state index contributed by atoms with van der Waals surface area (Å²) in [5.74, 6) is 0.0255. The molecule has 0 aliphatic carbocycles. The third kappa shape index (κ3) is 2.86. The van der Waals surface area contributed by atoms with Crippen LogP contribution in [0, 0.1) is 0 Å². The smallest absolute Gasteiger partial charge is 0.257 e. The van der Waals surface area contributed by atoms with Gasteiger partial charge in [-0.3, -0.25) is 4.79 Å². The van der Waals surface area contributed by atoms with Crippen LogP contribution in [0.2, 0.25) is 10.4 Å². The summed E-state index contributed by atoms with van der Waals surface area (Å²) in [4.78, 5) is 19.5. The number of anilines is 1. The fraction of sp³-hybridized carbons (Fsp3) is 0.500. The van der Waals surface area contributed by atoms with Gasteiger partial charge in [0.2, 0.25) is 5.28 Å². The van der Waals surface area contributed by atoms with Gasteiger partial charge in [-0.15, -0.1) is 0 Å². The summed E-state index contributed by atoms with van der Waals surface area (Å²) in [5.41, 5.74) is -0.802. The van der Waals surface area contributed by atoms with Crippen LogP contribution >= 0.6 is 23.2 Å². The molecule has 1 aliphatic heterocycles. The Morgan fingerprint density at radius 2 is 2.29 bits per heavy atom. The molecule has 92 valence electrons. The van der Waals surface area contributed by atoms with Crippen molar-refractivity contribution in [2.24, 2.45) is 0 Å². The second-order valence-electron chi connectivity index (χ2n) is 3.98. The Morgan fingerprint density at radius 1 is 1.53 bits per heavy atom. The van der Waals surface area contributed by atoms with Crippen molar-refractivity contribution in [3.05, 3.63) is 16.5 Å². The van der Waals surface area contributed by atoms with Gasteiger partial charge in [0.1, 0.15) is 16.6 Å². The molecule has 2 rings (SSSR count). The monoisotopic (exact) mass is 275 g/mol. The first-order valence-electron chi connectivity index (χ1n) is 5.15. The lowest BCUT2D eigenvalue weighted by molar-refractivity contribution is -0.133. The molecule has 0 bridgehead atoms. The van der Waals surface area contributed by atoms with E-state index in [4.69, 9.17) is 27.9 Å². The normalized spacial score (nSPS) is 23.7. The zero-order valence-corrected chi connectivity index (χ0v) is 10.7. The van der Waals surface area contributed by atoms with Crippen molar-refractivity contribution in [3.8, 4) is 0 Å². The Balaban J connectivity index is 2.12. The predicted octanol–water partition coefficient (Wildman–Crippen LogP) is 2.29. The van der Waals surface area contributed by atoms with Crippen LogP contribution in [0.5, 0.6) is 0 Å². The molecule has 5 nitrogen and oxygen atoms in total. The average Bonchev–Trinajstić information content (AvgIpc) is 2.64. The van der Waals surface area contributed by atoms with Gasteiger partial charge in [0, 0.05) is 12.7 Å². The van der Waals surface area contributed by atoms with E-state index in [9.17, 15) is 4.79 Å². The Kier molecular flexibility index (Phi) is 3.51. The molecular weight excluding hydrogens is 265 g/mol. The van der Waals surface area contributed by atoms with E-state index in [-0.39, 0.29) is 22.2 Å². The maximum atomic E-state index is 12.0. The zero-order chi connectivity index (χ0) is 12.5.